The maximum Gasteiger partial charge on any atom is -0.0138 e. The molecule has 0 N–H and O–H groups in total. The van der Waals surface area contributed by atoms with E-state index in [-0.39, 0.29) is 0 Å². The van der Waals surface area contributed by atoms with Gasteiger partial charge in [-0.3, -0.25) is 0 Å². The maximum atomic E-state index is 4.25. The normalized spacial score (nSPS) is 27.1. The van der Waals surface area contributed by atoms with Crippen LogP contribution in [-0.4, -0.2) is 0 Å². The fourth-order valence-corrected chi connectivity index (χ4v) is 2.39. The van der Waals surface area contributed by atoms with E-state index in [0.29, 0.717) is 0 Å². The molecule has 0 amide bonds. The van der Waals surface area contributed by atoms with Crippen LogP contribution >= 0.6 is 0 Å². The van der Waals surface area contributed by atoms with Gasteiger partial charge in [-0.15, -0.1) is 6.58 Å². The molecule has 14 heavy (non-hydrogen) atoms. The smallest absolute Gasteiger partial charge is 0.0138 e. The summed E-state index contributed by atoms with van der Waals surface area (Å²) >= 11 is 0. The molecule has 0 aromatic heterocycles. The first-order valence-electron chi connectivity index (χ1n) is 5.88. The summed E-state index contributed by atoms with van der Waals surface area (Å²) in [5.41, 5.74) is 2.77. The second-order valence-corrected chi connectivity index (χ2v) is 5.05. The molecule has 0 nitrogen and oxygen atoms in total. The van der Waals surface area contributed by atoms with Crippen LogP contribution in [0.4, 0.5) is 0 Å². The van der Waals surface area contributed by atoms with Gasteiger partial charge in [0.15, 0.2) is 0 Å². The van der Waals surface area contributed by atoms with Crippen LogP contribution in [0.2, 0.25) is 0 Å². The van der Waals surface area contributed by atoms with Gasteiger partial charge in [0.25, 0.3) is 0 Å². The molecule has 1 saturated carbocycles. The predicted molar refractivity (Wildman–Crippen MR) is 64.2 cm³/mol. The Kier molecular flexibility index (Phi) is 3.97. The largest absolute Gasteiger partial charge is 0.100 e. The van der Waals surface area contributed by atoms with E-state index in [0.717, 1.165) is 24.2 Å². The molecule has 1 rings (SSSR count). The summed E-state index contributed by atoms with van der Waals surface area (Å²) in [6.45, 7) is 15.0. The summed E-state index contributed by atoms with van der Waals surface area (Å²) in [5, 5.41) is 0. The van der Waals surface area contributed by atoms with Crippen molar-refractivity contribution in [3.63, 3.8) is 0 Å². The minimum Gasteiger partial charge on any atom is -0.100 e. The van der Waals surface area contributed by atoms with Crippen LogP contribution in [0.5, 0.6) is 0 Å². The molecule has 1 aliphatic rings. The quantitative estimate of drug-likeness (QED) is 0.540. The van der Waals surface area contributed by atoms with Crippen LogP contribution in [0, 0.1) is 17.8 Å². The molecule has 0 bridgehead atoms. The Morgan fingerprint density at radius 1 is 1.43 bits per heavy atom. The third-order valence-electron chi connectivity index (χ3n) is 3.35. The van der Waals surface area contributed by atoms with Crippen molar-refractivity contribution in [2.45, 2.75) is 46.5 Å². The minimum atomic E-state index is 0.724. The third kappa shape index (κ3) is 3.01. The van der Waals surface area contributed by atoms with E-state index in [2.05, 4.69) is 33.9 Å². The zero-order valence-corrected chi connectivity index (χ0v) is 9.97. The fourth-order valence-electron chi connectivity index (χ4n) is 2.39. The molecule has 80 valence electrons. The van der Waals surface area contributed by atoms with Gasteiger partial charge in [-0.1, -0.05) is 38.0 Å². The second kappa shape index (κ2) is 4.82. The first-order chi connectivity index (χ1) is 6.56. The monoisotopic (exact) mass is 192 g/mol. The highest BCUT2D eigenvalue weighted by molar-refractivity contribution is 5.11. The molecule has 0 saturated heterocycles. The summed E-state index contributed by atoms with van der Waals surface area (Å²) < 4.78 is 0. The number of hydrogen-bond donors (Lipinski definition) is 0. The van der Waals surface area contributed by atoms with Gasteiger partial charge in [0.05, 0.1) is 0 Å². The van der Waals surface area contributed by atoms with Gasteiger partial charge in [0.2, 0.25) is 0 Å². The van der Waals surface area contributed by atoms with E-state index in [4.69, 9.17) is 0 Å². The van der Waals surface area contributed by atoms with Crippen molar-refractivity contribution in [2.75, 3.05) is 0 Å². The van der Waals surface area contributed by atoms with E-state index in [1.54, 1.807) is 0 Å². The SMILES string of the molecule is C=C(C)CC(C(=C)CCC)C1CC1C. The summed E-state index contributed by atoms with van der Waals surface area (Å²) in [6, 6.07) is 0. The maximum absolute atomic E-state index is 4.25. The van der Waals surface area contributed by atoms with Crippen molar-refractivity contribution in [1.82, 2.24) is 0 Å². The zero-order valence-electron chi connectivity index (χ0n) is 9.97. The molecule has 0 aliphatic heterocycles. The average Bonchev–Trinajstić information content (AvgIpc) is 2.78. The lowest BCUT2D eigenvalue weighted by molar-refractivity contribution is 0.489. The Morgan fingerprint density at radius 3 is 2.36 bits per heavy atom. The Hall–Kier alpha value is -0.520. The summed E-state index contributed by atoms with van der Waals surface area (Å²) in [5.74, 6) is 2.56. The van der Waals surface area contributed by atoms with E-state index in [9.17, 15) is 0 Å². The van der Waals surface area contributed by atoms with Crippen molar-refractivity contribution in [2.24, 2.45) is 17.8 Å². The predicted octanol–water partition coefficient (Wildman–Crippen LogP) is 4.58. The van der Waals surface area contributed by atoms with Gasteiger partial charge < -0.3 is 0 Å². The highest BCUT2D eigenvalue weighted by Gasteiger charge is 2.39. The molecule has 0 heterocycles. The molecule has 1 fully saturated rings. The lowest BCUT2D eigenvalue weighted by Gasteiger charge is -2.19. The van der Waals surface area contributed by atoms with Crippen LogP contribution in [0.15, 0.2) is 24.3 Å². The molecular weight excluding hydrogens is 168 g/mol. The molecule has 0 aromatic rings. The second-order valence-electron chi connectivity index (χ2n) is 5.05. The molecule has 0 aromatic carbocycles. The van der Waals surface area contributed by atoms with Crippen LogP contribution in [-0.2, 0) is 0 Å². The van der Waals surface area contributed by atoms with E-state index in [1.807, 2.05) is 0 Å². The Morgan fingerprint density at radius 2 is 2.00 bits per heavy atom. The van der Waals surface area contributed by atoms with Gasteiger partial charge in [0, 0.05) is 0 Å². The molecule has 3 atom stereocenters. The molecule has 1 aliphatic carbocycles. The molecule has 0 radical (unpaired) electrons. The first-order valence-corrected chi connectivity index (χ1v) is 5.88. The number of rotatable bonds is 6. The van der Waals surface area contributed by atoms with Crippen molar-refractivity contribution >= 4 is 0 Å². The third-order valence-corrected chi connectivity index (χ3v) is 3.35. The van der Waals surface area contributed by atoms with Crippen LogP contribution < -0.4 is 0 Å². The lowest BCUT2D eigenvalue weighted by Crippen LogP contribution is -2.08. The van der Waals surface area contributed by atoms with Crippen molar-refractivity contribution in [3.05, 3.63) is 24.3 Å². The fraction of sp³-hybridized carbons (Fsp3) is 0.714. The Labute approximate surface area is 89.1 Å². The van der Waals surface area contributed by atoms with Crippen LogP contribution in [0.1, 0.15) is 46.5 Å². The van der Waals surface area contributed by atoms with Gasteiger partial charge in [0.1, 0.15) is 0 Å². The van der Waals surface area contributed by atoms with Crippen LogP contribution in [0.25, 0.3) is 0 Å². The van der Waals surface area contributed by atoms with Crippen molar-refractivity contribution in [3.8, 4) is 0 Å². The molecular formula is C14H24. The zero-order chi connectivity index (χ0) is 10.7. The average molecular weight is 192 g/mol. The van der Waals surface area contributed by atoms with Gasteiger partial charge in [-0.05, 0) is 43.9 Å². The first kappa shape index (κ1) is 11.6. The molecule has 0 heteroatoms. The van der Waals surface area contributed by atoms with Crippen LogP contribution in [0.3, 0.4) is 0 Å². The van der Waals surface area contributed by atoms with E-state index >= 15 is 0 Å². The topological polar surface area (TPSA) is 0 Å². The van der Waals surface area contributed by atoms with Gasteiger partial charge in [-0.2, -0.15) is 0 Å². The highest BCUT2D eigenvalue weighted by atomic mass is 14.4. The van der Waals surface area contributed by atoms with Gasteiger partial charge in [-0.25, -0.2) is 0 Å². The van der Waals surface area contributed by atoms with Crippen molar-refractivity contribution < 1.29 is 0 Å². The Bertz CT molecular complexity index is 224. The Balaban J connectivity index is 2.52. The number of hydrogen-bond acceptors (Lipinski definition) is 0. The molecule has 3 unspecified atom stereocenters. The van der Waals surface area contributed by atoms with E-state index in [1.165, 1.54) is 30.4 Å². The van der Waals surface area contributed by atoms with E-state index < -0.39 is 0 Å². The summed E-state index contributed by atoms with van der Waals surface area (Å²) in [4.78, 5) is 0. The van der Waals surface area contributed by atoms with Crippen molar-refractivity contribution in [1.29, 1.82) is 0 Å². The summed E-state index contributed by atoms with van der Waals surface area (Å²) in [6.07, 6.45) is 4.99. The van der Waals surface area contributed by atoms with Gasteiger partial charge >= 0.3 is 0 Å². The number of allylic oxidation sites excluding steroid dienone is 2. The molecule has 0 spiro atoms. The minimum absolute atomic E-state index is 0.724. The lowest BCUT2D eigenvalue weighted by atomic mass is 9.86. The highest BCUT2D eigenvalue weighted by Crippen LogP contribution is 2.48. The standard InChI is InChI=1S/C14H24/c1-6-7-11(4)13(8-10(2)3)14-9-12(14)5/h12-14H,2,4,6-9H2,1,3,5H3. The summed E-state index contributed by atoms with van der Waals surface area (Å²) in [7, 11) is 0.